The van der Waals surface area contributed by atoms with Crippen molar-refractivity contribution in [2.45, 2.75) is 180 Å². The number of unbranched alkanes of at least 4 members (excludes halogenated alkanes) is 18. The van der Waals surface area contributed by atoms with Gasteiger partial charge in [0.1, 0.15) is 6.61 Å². The largest absolute Gasteiger partial charge is 0.492 e. The Labute approximate surface area is 319 Å². The van der Waals surface area contributed by atoms with E-state index in [9.17, 15) is 14.3 Å². The third-order valence-electron chi connectivity index (χ3n) is 8.53. The normalized spacial score (nSPS) is 14.1. The lowest BCUT2D eigenvalue weighted by molar-refractivity contribution is -0.147. The van der Waals surface area contributed by atoms with E-state index < -0.39 is 13.9 Å². The number of rotatable bonds is 39. The molecule has 0 aromatic heterocycles. The van der Waals surface area contributed by atoms with Crippen molar-refractivity contribution in [1.82, 2.24) is 0 Å². The highest BCUT2D eigenvalue weighted by molar-refractivity contribution is 7.47. The monoisotopic (exact) mass is 752 g/mol. The summed E-state index contributed by atoms with van der Waals surface area (Å²) in [5, 5.41) is 0. The lowest BCUT2D eigenvalue weighted by Crippen LogP contribution is -2.25. The molecule has 0 aliphatic heterocycles. The van der Waals surface area contributed by atoms with Crippen molar-refractivity contribution < 1.29 is 32.8 Å². The van der Waals surface area contributed by atoms with Gasteiger partial charge in [-0.15, -0.1) is 0 Å². The first-order valence-electron chi connectivity index (χ1n) is 20.8. The minimum Gasteiger partial charge on any atom is -0.492 e. The fourth-order valence-corrected chi connectivity index (χ4v) is 6.14. The molecule has 0 rings (SSSR count). The summed E-state index contributed by atoms with van der Waals surface area (Å²) in [6.45, 7) is 4.14. The van der Waals surface area contributed by atoms with Crippen LogP contribution in [0.3, 0.4) is 0 Å². The molecular formula is C43H78NO7P. The SMILES string of the molecule is CCCCC/C=C\C/C=C\C/C=C\C/C=C\CCCCCC(=O)OC[C@H](COP(=O)(O)OCCN)O/C=C\CCCCCCCCCCCCCC. The van der Waals surface area contributed by atoms with Crippen LogP contribution in [0.1, 0.15) is 174 Å². The maximum atomic E-state index is 12.4. The highest BCUT2D eigenvalue weighted by atomic mass is 31.2. The van der Waals surface area contributed by atoms with E-state index in [0.29, 0.717) is 6.42 Å². The van der Waals surface area contributed by atoms with Gasteiger partial charge >= 0.3 is 13.8 Å². The second-order valence-corrected chi connectivity index (χ2v) is 15.0. The molecule has 0 amide bonds. The number of hydrogen-bond acceptors (Lipinski definition) is 7. The van der Waals surface area contributed by atoms with Crippen molar-refractivity contribution in [3.05, 3.63) is 60.9 Å². The lowest BCUT2D eigenvalue weighted by Gasteiger charge is -2.19. The van der Waals surface area contributed by atoms with E-state index in [4.69, 9.17) is 24.3 Å². The number of hydrogen-bond donors (Lipinski definition) is 2. The molecule has 1 unspecified atom stereocenters. The number of esters is 1. The Morgan fingerprint density at radius 1 is 0.596 bits per heavy atom. The van der Waals surface area contributed by atoms with Crippen LogP contribution in [-0.2, 0) is 27.9 Å². The van der Waals surface area contributed by atoms with Gasteiger partial charge in [0.05, 0.1) is 19.5 Å². The van der Waals surface area contributed by atoms with Crippen molar-refractivity contribution in [3.63, 3.8) is 0 Å². The Kier molecular flexibility index (Phi) is 38.7. The smallest absolute Gasteiger partial charge is 0.472 e. The molecule has 0 saturated heterocycles. The fraction of sp³-hybridized carbons (Fsp3) is 0.744. The number of nitrogens with two attached hydrogens (primary N) is 1. The fourth-order valence-electron chi connectivity index (χ4n) is 5.37. The molecular weight excluding hydrogens is 673 g/mol. The molecule has 9 heteroatoms. The van der Waals surface area contributed by atoms with Gasteiger partial charge in [-0.1, -0.05) is 152 Å². The Hall–Kier alpha value is -1.96. The number of phosphoric acid groups is 1. The van der Waals surface area contributed by atoms with Crippen molar-refractivity contribution >= 4 is 13.8 Å². The van der Waals surface area contributed by atoms with Crippen molar-refractivity contribution in [3.8, 4) is 0 Å². The zero-order chi connectivity index (χ0) is 38.1. The van der Waals surface area contributed by atoms with Gasteiger partial charge in [-0.25, -0.2) is 4.57 Å². The first-order chi connectivity index (χ1) is 25.4. The molecule has 0 aliphatic carbocycles. The van der Waals surface area contributed by atoms with Gasteiger partial charge in [-0.3, -0.25) is 13.8 Å². The standard InChI is InChI=1S/C43H78NO7P/c1-3-5-7-9-11-13-15-17-19-20-21-22-23-24-26-28-30-32-34-36-43(45)49-40-42(41-51-52(46,47)50-39-37-44)48-38-35-33-31-29-27-25-18-16-14-12-10-8-6-4-2/h11,13,17,19,21-22,24,26,35,38,42H,3-10,12,14-16,18,20,23,25,27-34,36-37,39-41,44H2,1-2H3,(H,46,47)/b13-11-,19-17-,22-21-,26-24-,38-35-/t42-/m1/s1. The molecule has 0 heterocycles. The molecule has 2 atom stereocenters. The predicted octanol–water partition coefficient (Wildman–Crippen LogP) is 12.5. The van der Waals surface area contributed by atoms with Crippen molar-refractivity contribution in [2.75, 3.05) is 26.4 Å². The van der Waals surface area contributed by atoms with E-state index >= 15 is 0 Å². The van der Waals surface area contributed by atoms with Gasteiger partial charge in [0.15, 0.2) is 6.10 Å². The molecule has 3 N–H and O–H groups in total. The molecule has 302 valence electrons. The number of allylic oxidation sites excluding steroid dienone is 9. The van der Waals surface area contributed by atoms with E-state index in [0.717, 1.165) is 57.8 Å². The quantitative estimate of drug-likeness (QED) is 0.0210. The van der Waals surface area contributed by atoms with Crippen molar-refractivity contribution in [2.24, 2.45) is 5.73 Å². The van der Waals surface area contributed by atoms with Crippen LogP contribution in [0.4, 0.5) is 0 Å². The van der Waals surface area contributed by atoms with Crippen molar-refractivity contribution in [1.29, 1.82) is 0 Å². The third kappa shape index (κ3) is 39.3. The molecule has 0 aromatic rings. The van der Waals surface area contributed by atoms with Crippen LogP contribution in [0, 0.1) is 0 Å². The molecule has 0 fully saturated rings. The summed E-state index contributed by atoms with van der Waals surface area (Å²) in [6, 6.07) is 0. The first kappa shape index (κ1) is 50.0. The summed E-state index contributed by atoms with van der Waals surface area (Å²) in [4.78, 5) is 22.2. The second-order valence-electron chi connectivity index (χ2n) is 13.6. The molecule has 0 spiro atoms. The third-order valence-corrected chi connectivity index (χ3v) is 9.51. The lowest BCUT2D eigenvalue weighted by atomic mass is 10.0. The number of ether oxygens (including phenoxy) is 2. The molecule has 0 saturated carbocycles. The maximum absolute atomic E-state index is 12.4. The van der Waals surface area contributed by atoms with Crippen LogP contribution in [0.5, 0.6) is 0 Å². The Bertz CT molecular complexity index is 979. The average molecular weight is 752 g/mol. The van der Waals surface area contributed by atoms with Crippen LogP contribution in [0.15, 0.2) is 60.9 Å². The second kappa shape index (κ2) is 40.2. The molecule has 0 bridgehead atoms. The average Bonchev–Trinajstić information content (AvgIpc) is 3.14. The highest BCUT2D eigenvalue weighted by Crippen LogP contribution is 2.43. The number of carbonyl (C=O) groups is 1. The van der Waals surface area contributed by atoms with E-state index in [1.165, 1.54) is 96.3 Å². The molecule has 8 nitrogen and oxygen atoms in total. The molecule has 0 radical (unpaired) electrons. The van der Waals surface area contributed by atoms with E-state index in [1.807, 2.05) is 6.08 Å². The van der Waals surface area contributed by atoms with Crippen LogP contribution in [-0.4, -0.2) is 43.3 Å². The topological polar surface area (TPSA) is 117 Å². The molecule has 0 aliphatic rings. The number of carbonyl (C=O) groups excluding carboxylic acids is 1. The first-order valence-corrected chi connectivity index (χ1v) is 22.3. The van der Waals surface area contributed by atoms with Crippen LogP contribution >= 0.6 is 7.82 Å². The maximum Gasteiger partial charge on any atom is 0.472 e. The molecule has 0 aromatic carbocycles. The summed E-state index contributed by atoms with van der Waals surface area (Å²) in [7, 11) is -4.27. The van der Waals surface area contributed by atoms with Gasteiger partial charge in [0.2, 0.25) is 0 Å². The summed E-state index contributed by atoms with van der Waals surface area (Å²) >= 11 is 0. The van der Waals surface area contributed by atoms with E-state index in [2.05, 4.69) is 62.5 Å². The van der Waals surface area contributed by atoms with Crippen LogP contribution in [0.2, 0.25) is 0 Å². The minimum atomic E-state index is -4.27. The van der Waals surface area contributed by atoms with E-state index in [-0.39, 0.29) is 32.3 Å². The summed E-state index contributed by atoms with van der Waals surface area (Å²) in [5.74, 6) is -0.321. The predicted molar refractivity (Wildman–Crippen MR) is 219 cm³/mol. The van der Waals surface area contributed by atoms with Gasteiger partial charge in [0.25, 0.3) is 0 Å². The minimum absolute atomic E-state index is 0.0825. The van der Waals surface area contributed by atoms with Gasteiger partial charge < -0.3 is 20.1 Å². The Morgan fingerprint density at radius 2 is 1.04 bits per heavy atom. The number of phosphoric ester groups is 1. The van der Waals surface area contributed by atoms with Gasteiger partial charge in [0, 0.05) is 13.0 Å². The van der Waals surface area contributed by atoms with Crippen LogP contribution in [0.25, 0.3) is 0 Å². The van der Waals surface area contributed by atoms with Crippen LogP contribution < -0.4 is 5.73 Å². The van der Waals surface area contributed by atoms with Gasteiger partial charge in [-0.2, -0.15) is 0 Å². The Balaban J connectivity index is 4.17. The summed E-state index contributed by atoms with van der Waals surface area (Å²) in [6.07, 6.45) is 49.0. The molecule has 52 heavy (non-hydrogen) atoms. The van der Waals surface area contributed by atoms with Gasteiger partial charge in [-0.05, 0) is 70.3 Å². The summed E-state index contributed by atoms with van der Waals surface area (Å²) in [5.41, 5.74) is 5.36. The highest BCUT2D eigenvalue weighted by Gasteiger charge is 2.24. The van der Waals surface area contributed by atoms with E-state index in [1.54, 1.807) is 6.26 Å². The zero-order valence-corrected chi connectivity index (χ0v) is 34.2. The zero-order valence-electron chi connectivity index (χ0n) is 33.3. The Morgan fingerprint density at radius 3 is 1.58 bits per heavy atom. The summed E-state index contributed by atoms with van der Waals surface area (Å²) < 4.78 is 33.1.